The Bertz CT molecular complexity index is 601. The molecule has 0 radical (unpaired) electrons. The highest BCUT2D eigenvalue weighted by Gasteiger charge is 2.23. The molecule has 22 heavy (non-hydrogen) atoms. The molecule has 1 N–H and O–H groups in total. The van der Waals surface area contributed by atoms with Crippen LogP contribution >= 0.6 is 0 Å². The fourth-order valence-electron chi connectivity index (χ4n) is 2.82. The van der Waals surface area contributed by atoms with Gasteiger partial charge in [0.1, 0.15) is 17.4 Å². The first kappa shape index (κ1) is 16.1. The van der Waals surface area contributed by atoms with E-state index in [2.05, 4.69) is 12.2 Å². The van der Waals surface area contributed by atoms with Crippen molar-refractivity contribution in [2.75, 3.05) is 7.11 Å². The summed E-state index contributed by atoms with van der Waals surface area (Å²) >= 11 is 0. The molecule has 1 amide bonds. The Morgan fingerprint density at radius 1 is 1.41 bits per heavy atom. The quantitative estimate of drug-likeness (QED) is 0.685. The molecule has 1 aliphatic carbocycles. The third kappa shape index (κ3) is 4.11. The van der Waals surface area contributed by atoms with Crippen LogP contribution < -0.4 is 10.1 Å². The Balaban J connectivity index is 2.11. The van der Waals surface area contributed by atoms with E-state index in [1.54, 1.807) is 19.3 Å². The maximum Gasteiger partial charge on any atom is 0.262 e. The summed E-state index contributed by atoms with van der Waals surface area (Å²) in [5.74, 6) is 0.880. The Morgan fingerprint density at radius 3 is 2.86 bits per heavy atom. The Hall–Kier alpha value is -2.28. The van der Waals surface area contributed by atoms with Crippen LogP contribution in [-0.2, 0) is 4.79 Å². The molecule has 1 aromatic rings. The van der Waals surface area contributed by atoms with Gasteiger partial charge in [0.05, 0.1) is 7.11 Å². The van der Waals surface area contributed by atoms with Crippen molar-refractivity contribution in [1.29, 1.82) is 5.26 Å². The van der Waals surface area contributed by atoms with Crippen molar-refractivity contribution >= 4 is 12.0 Å². The molecule has 1 aliphatic rings. The lowest BCUT2D eigenvalue weighted by Crippen LogP contribution is -2.41. The second kappa shape index (κ2) is 7.65. The summed E-state index contributed by atoms with van der Waals surface area (Å²) in [6, 6.07) is 9.47. The second-order valence-electron chi connectivity index (χ2n) is 5.79. The molecule has 0 saturated heterocycles. The molecule has 0 spiro atoms. The number of nitriles is 1. The zero-order valence-electron chi connectivity index (χ0n) is 13.1. The normalized spacial score (nSPS) is 21.8. The van der Waals surface area contributed by atoms with Crippen molar-refractivity contribution in [3.05, 3.63) is 35.4 Å². The SMILES string of the molecule is COc1cccc(C=C(C#N)C(=O)NC2CCCCC2C)c1. The molecule has 116 valence electrons. The summed E-state index contributed by atoms with van der Waals surface area (Å²) in [5.41, 5.74) is 0.911. The van der Waals surface area contributed by atoms with Crippen LogP contribution in [0.5, 0.6) is 5.75 Å². The summed E-state index contributed by atoms with van der Waals surface area (Å²) in [6.45, 7) is 2.15. The van der Waals surface area contributed by atoms with Crippen LogP contribution in [0.4, 0.5) is 0 Å². The zero-order valence-corrected chi connectivity index (χ0v) is 13.1. The van der Waals surface area contributed by atoms with Gasteiger partial charge in [-0.05, 0) is 42.5 Å². The lowest BCUT2D eigenvalue weighted by atomic mass is 9.86. The number of rotatable bonds is 4. The molecular formula is C18H22N2O2. The van der Waals surface area contributed by atoms with Gasteiger partial charge in [0.25, 0.3) is 5.91 Å². The summed E-state index contributed by atoms with van der Waals surface area (Å²) in [7, 11) is 1.59. The van der Waals surface area contributed by atoms with Gasteiger partial charge >= 0.3 is 0 Å². The third-order valence-electron chi connectivity index (χ3n) is 4.20. The van der Waals surface area contributed by atoms with E-state index >= 15 is 0 Å². The van der Waals surface area contributed by atoms with Crippen molar-refractivity contribution in [3.8, 4) is 11.8 Å². The predicted molar refractivity (Wildman–Crippen MR) is 86.1 cm³/mol. The first-order valence-electron chi connectivity index (χ1n) is 7.70. The van der Waals surface area contributed by atoms with Crippen LogP contribution in [0, 0.1) is 17.2 Å². The van der Waals surface area contributed by atoms with E-state index < -0.39 is 0 Å². The minimum atomic E-state index is -0.288. The van der Waals surface area contributed by atoms with E-state index in [4.69, 9.17) is 4.74 Å². The van der Waals surface area contributed by atoms with Crippen molar-refractivity contribution in [2.45, 2.75) is 38.6 Å². The summed E-state index contributed by atoms with van der Waals surface area (Å²) in [4.78, 5) is 12.3. The molecule has 0 aliphatic heterocycles. The topological polar surface area (TPSA) is 62.1 Å². The predicted octanol–water partition coefficient (Wildman–Crippen LogP) is 3.30. The highest BCUT2D eigenvalue weighted by molar-refractivity contribution is 6.01. The van der Waals surface area contributed by atoms with Gasteiger partial charge in [-0.2, -0.15) is 5.26 Å². The largest absolute Gasteiger partial charge is 0.497 e. The number of methoxy groups -OCH3 is 1. The molecule has 1 saturated carbocycles. The number of hydrogen-bond acceptors (Lipinski definition) is 3. The average molecular weight is 298 g/mol. The van der Waals surface area contributed by atoms with Gasteiger partial charge in [0.2, 0.25) is 0 Å². The lowest BCUT2D eigenvalue weighted by Gasteiger charge is -2.29. The number of amides is 1. The monoisotopic (exact) mass is 298 g/mol. The summed E-state index contributed by atoms with van der Waals surface area (Å²) in [5, 5.41) is 12.3. The molecule has 4 nitrogen and oxygen atoms in total. The number of ether oxygens (including phenoxy) is 1. The number of carbonyl (C=O) groups is 1. The van der Waals surface area contributed by atoms with Crippen LogP contribution in [-0.4, -0.2) is 19.1 Å². The molecule has 0 aromatic heterocycles. The Kier molecular flexibility index (Phi) is 5.60. The summed E-state index contributed by atoms with van der Waals surface area (Å²) in [6.07, 6.45) is 6.08. The second-order valence-corrected chi connectivity index (χ2v) is 5.79. The minimum absolute atomic E-state index is 0.131. The third-order valence-corrected chi connectivity index (χ3v) is 4.20. The van der Waals surface area contributed by atoms with E-state index in [-0.39, 0.29) is 17.5 Å². The van der Waals surface area contributed by atoms with Crippen LogP contribution in [0.25, 0.3) is 6.08 Å². The van der Waals surface area contributed by atoms with E-state index in [1.165, 1.54) is 6.42 Å². The highest BCUT2D eigenvalue weighted by Crippen LogP contribution is 2.24. The van der Waals surface area contributed by atoms with Gasteiger partial charge in [-0.3, -0.25) is 4.79 Å². The van der Waals surface area contributed by atoms with E-state index in [9.17, 15) is 10.1 Å². The van der Waals surface area contributed by atoms with Gasteiger partial charge in [-0.1, -0.05) is 31.9 Å². The average Bonchev–Trinajstić information content (AvgIpc) is 2.54. The first-order valence-corrected chi connectivity index (χ1v) is 7.70. The molecule has 4 heteroatoms. The number of nitrogens with one attached hydrogen (secondary N) is 1. The maximum atomic E-state index is 12.3. The van der Waals surface area contributed by atoms with Gasteiger partial charge in [-0.15, -0.1) is 0 Å². The van der Waals surface area contributed by atoms with Gasteiger partial charge in [0.15, 0.2) is 0 Å². The number of hydrogen-bond donors (Lipinski definition) is 1. The number of nitrogens with zero attached hydrogens (tertiary/aromatic N) is 1. The number of benzene rings is 1. The molecule has 0 heterocycles. The fourth-order valence-corrected chi connectivity index (χ4v) is 2.82. The molecule has 2 rings (SSSR count). The molecular weight excluding hydrogens is 276 g/mol. The maximum absolute atomic E-state index is 12.3. The minimum Gasteiger partial charge on any atom is -0.497 e. The molecule has 2 unspecified atom stereocenters. The van der Waals surface area contributed by atoms with Crippen molar-refractivity contribution in [1.82, 2.24) is 5.32 Å². The van der Waals surface area contributed by atoms with Crippen molar-refractivity contribution < 1.29 is 9.53 Å². The zero-order chi connectivity index (χ0) is 15.9. The fraction of sp³-hybridized carbons (Fsp3) is 0.444. The Labute approximate surface area is 131 Å². The first-order chi connectivity index (χ1) is 10.6. The van der Waals surface area contributed by atoms with E-state index in [0.29, 0.717) is 11.7 Å². The van der Waals surface area contributed by atoms with Gasteiger partial charge in [-0.25, -0.2) is 0 Å². The lowest BCUT2D eigenvalue weighted by molar-refractivity contribution is -0.118. The number of carbonyl (C=O) groups excluding carboxylic acids is 1. The van der Waals surface area contributed by atoms with Crippen LogP contribution in [0.3, 0.4) is 0 Å². The molecule has 1 aromatic carbocycles. The van der Waals surface area contributed by atoms with Crippen LogP contribution in [0.2, 0.25) is 0 Å². The van der Waals surface area contributed by atoms with Gasteiger partial charge < -0.3 is 10.1 Å². The Morgan fingerprint density at radius 2 is 2.18 bits per heavy atom. The van der Waals surface area contributed by atoms with Crippen molar-refractivity contribution in [3.63, 3.8) is 0 Å². The molecule has 1 fully saturated rings. The standard InChI is InChI=1S/C18H22N2O2/c1-13-6-3-4-9-17(13)20-18(21)15(12-19)10-14-7-5-8-16(11-14)22-2/h5,7-8,10-11,13,17H,3-4,6,9H2,1-2H3,(H,20,21). The van der Waals surface area contributed by atoms with Gasteiger partial charge in [0, 0.05) is 6.04 Å². The van der Waals surface area contributed by atoms with E-state index in [0.717, 1.165) is 24.8 Å². The van der Waals surface area contributed by atoms with E-state index in [1.807, 2.05) is 24.3 Å². The van der Waals surface area contributed by atoms with Crippen LogP contribution in [0.1, 0.15) is 38.2 Å². The smallest absolute Gasteiger partial charge is 0.262 e. The van der Waals surface area contributed by atoms with Crippen molar-refractivity contribution in [2.24, 2.45) is 5.92 Å². The highest BCUT2D eigenvalue weighted by atomic mass is 16.5. The van der Waals surface area contributed by atoms with Crippen LogP contribution in [0.15, 0.2) is 29.8 Å². The molecule has 0 bridgehead atoms. The molecule has 2 atom stereocenters. The summed E-state index contributed by atoms with van der Waals surface area (Å²) < 4.78 is 5.15.